The first-order valence-corrected chi connectivity index (χ1v) is 22.7. The first-order chi connectivity index (χ1) is 20.0. The van der Waals surface area contributed by atoms with Crippen LogP contribution in [0.3, 0.4) is 0 Å². The molecule has 0 saturated heterocycles. The van der Waals surface area contributed by atoms with Crippen LogP contribution in [0.25, 0.3) is 11.1 Å². The molecule has 1 atom stereocenters. The number of fused-ring (bicyclic) bond motifs is 3. The Bertz CT molecular complexity index is 1530. The monoisotopic (exact) mass is 660 g/mol. The number of benzene rings is 5. The third kappa shape index (κ3) is 6.11. The quantitative estimate of drug-likeness (QED) is 0.102. The van der Waals surface area contributed by atoms with E-state index in [1.54, 1.807) is 0 Å². The molecule has 0 amide bonds. The van der Waals surface area contributed by atoms with Gasteiger partial charge in [-0.1, -0.05) is 118 Å². The van der Waals surface area contributed by atoms with Crippen LogP contribution in [0.15, 0.2) is 97.1 Å². The van der Waals surface area contributed by atoms with Gasteiger partial charge in [-0.3, -0.25) is 0 Å². The minimum absolute atomic E-state index is 0.221. The molecule has 1 unspecified atom stereocenters. The van der Waals surface area contributed by atoms with Gasteiger partial charge < -0.3 is 0 Å². The van der Waals surface area contributed by atoms with Gasteiger partial charge in [-0.2, -0.15) is 24.3 Å². The third-order valence-electron chi connectivity index (χ3n) is 8.20. The third-order valence-corrected chi connectivity index (χ3v) is 13.3. The summed E-state index contributed by atoms with van der Waals surface area (Å²) in [5.74, 6) is 0. The van der Waals surface area contributed by atoms with E-state index in [1.807, 2.05) is 0 Å². The summed E-state index contributed by atoms with van der Waals surface area (Å²) in [5, 5.41) is 4.44. The molecule has 0 bridgehead atoms. The van der Waals surface area contributed by atoms with Crippen molar-refractivity contribution in [3.05, 3.63) is 148 Å². The summed E-state index contributed by atoms with van der Waals surface area (Å²) in [6.45, 7) is 13.5. The van der Waals surface area contributed by atoms with E-state index in [0.29, 0.717) is 0 Å². The summed E-state index contributed by atoms with van der Waals surface area (Å²) in [7, 11) is 12.2. The average molecular weight is 662 g/mol. The molecule has 0 N–H and O–H groups in total. The van der Waals surface area contributed by atoms with Crippen molar-refractivity contribution in [2.45, 2.75) is 47.1 Å². The van der Waals surface area contributed by atoms with Crippen molar-refractivity contribution >= 4 is 51.5 Å². The Morgan fingerprint density at radius 3 is 1.36 bits per heavy atom. The molecule has 5 aromatic carbocycles. The summed E-state index contributed by atoms with van der Waals surface area (Å²) in [6, 6.07) is 41.3. The Morgan fingerprint density at radius 2 is 0.929 bits per heavy atom. The van der Waals surface area contributed by atoms with Gasteiger partial charge in [0.2, 0.25) is 0 Å². The second kappa shape index (κ2) is 12.9. The molecular weight excluding hydrogens is 627 g/mol. The molecule has 1 aliphatic rings. The molecule has 0 saturated carbocycles. The Balaban J connectivity index is 0.000000830. The fourth-order valence-electron chi connectivity index (χ4n) is 7.13. The Morgan fingerprint density at radius 1 is 0.548 bits per heavy atom. The molecule has 0 heterocycles. The summed E-state index contributed by atoms with van der Waals surface area (Å²) >= 11 is -1.92. The molecule has 42 heavy (non-hydrogen) atoms. The molecule has 0 aliphatic heterocycles. The number of halogens is 3. The van der Waals surface area contributed by atoms with Crippen molar-refractivity contribution in [3.63, 3.8) is 0 Å². The fourth-order valence-corrected chi connectivity index (χ4v) is 13.3. The van der Waals surface area contributed by atoms with Crippen LogP contribution in [-0.4, -0.2) is 8.07 Å². The molecule has 0 nitrogen and oxygen atoms in total. The number of aryl methyl sites for hydroxylation is 6. The topological polar surface area (TPSA) is 0 Å². The van der Waals surface area contributed by atoms with E-state index in [1.165, 1.54) is 71.2 Å². The molecular formula is C37H35Cl3SiTi. The van der Waals surface area contributed by atoms with E-state index in [9.17, 15) is 0 Å². The predicted molar refractivity (Wildman–Crippen MR) is 183 cm³/mol. The van der Waals surface area contributed by atoms with Crippen LogP contribution in [0.5, 0.6) is 0 Å². The van der Waals surface area contributed by atoms with Gasteiger partial charge in [0.05, 0.1) is 0 Å². The molecule has 6 rings (SSSR count). The van der Waals surface area contributed by atoms with Crippen LogP contribution in [0.1, 0.15) is 50.0 Å². The van der Waals surface area contributed by atoms with Crippen LogP contribution >= 0.6 is 27.9 Å². The van der Waals surface area contributed by atoms with Crippen molar-refractivity contribution in [2.24, 2.45) is 0 Å². The van der Waals surface area contributed by atoms with E-state index in [-0.39, 0.29) is 5.54 Å². The van der Waals surface area contributed by atoms with Crippen molar-refractivity contribution in [1.29, 1.82) is 0 Å². The summed E-state index contributed by atoms with van der Waals surface area (Å²) in [5.41, 5.74) is 13.7. The van der Waals surface area contributed by atoms with Crippen LogP contribution in [0.4, 0.5) is 0 Å². The summed E-state index contributed by atoms with van der Waals surface area (Å²) < 4.78 is 0. The maximum atomic E-state index is 4.97. The van der Waals surface area contributed by atoms with Crippen LogP contribution in [-0.2, 0) is 14.7 Å². The average Bonchev–Trinajstić information content (AvgIpc) is 3.22. The Labute approximate surface area is 270 Å². The molecule has 212 valence electrons. The van der Waals surface area contributed by atoms with Gasteiger partial charge in [-0.05, 0) is 68.2 Å². The van der Waals surface area contributed by atoms with Crippen LogP contribution in [0.2, 0.25) is 0 Å². The molecule has 5 aromatic rings. The van der Waals surface area contributed by atoms with E-state index >= 15 is 0 Å². The Kier molecular flexibility index (Phi) is 9.60. The standard InChI is InChI=1S/C37H35Si.3ClH.Ti/c1-24-15-25(2)19-30(18-24)38(31-20-26(3)16-27(4)21-31,32-22-28(5)17-29(6)23-32)37-35-13-9-7-11-33(35)34-12-8-10-14-36(34)37;;;;/h7-13,15-23,37H,1-6H3;3*1H;/q-1;;;;+4/p-3. The normalized spacial score (nSPS) is 13.6. The molecule has 0 radical (unpaired) electrons. The second-order valence-electron chi connectivity index (χ2n) is 11.7. The van der Waals surface area contributed by atoms with Crippen molar-refractivity contribution in [3.8, 4) is 11.1 Å². The number of rotatable bonds is 4. The molecule has 0 spiro atoms. The molecule has 5 heteroatoms. The minimum atomic E-state index is -2.71. The van der Waals surface area contributed by atoms with Gasteiger partial charge in [-0.15, -0.1) is 11.1 Å². The van der Waals surface area contributed by atoms with Gasteiger partial charge in [0, 0.05) is 0 Å². The second-order valence-corrected chi connectivity index (χ2v) is 23.3. The zero-order chi connectivity index (χ0) is 30.2. The maximum absolute atomic E-state index is 4.97. The fraction of sp³-hybridized carbons (Fsp3) is 0.189. The van der Waals surface area contributed by atoms with E-state index in [0.717, 1.165) is 0 Å². The van der Waals surface area contributed by atoms with Gasteiger partial charge in [-0.25, -0.2) is 0 Å². The van der Waals surface area contributed by atoms with Gasteiger partial charge in [0.25, 0.3) is 0 Å². The van der Waals surface area contributed by atoms with E-state index in [2.05, 4.69) is 145 Å². The molecule has 1 aliphatic carbocycles. The Hall–Kier alpha value is -2.10. The van der Waals surface area contributed by atoms with Gasteiger partial charge in [0.15, 0.2) is 8.07 Å². The zero-order valence-corrected chi connectivity index (χ0v) is 29.8. The first-order valence-electron chi connectivity index (χ1n) is 14.2. The van der Waals surface area contributed by atoms with E-state index in [4.69, 9.17) is 27.9 Å². The van der Waals surface area contributed by atoms with Crippen molar-refractivity contribution in [1.82, 2.24) is 0 Å². The van der Waals surface area contributed by atoms with Crippen molar-refractivity contribution < 1.29 is 14.7 Å². The summed E-state index contributed by atoms with van der Waals surface area (Å²) in [6.07, 6.45) is 0. The van der Waals surface area contributed by atoms with E-state index < -0.39 is 22.8 Å². The van der Waals surface area contributed by atoms with Crippen LogP contribution in [0, 0.1) is 47.6 Å². The SMILES string of the molecule is Cc1cc(C)cc([Si](c2cc(C)cc(C)c2)(c2cc(C)cc(C)c2)C2c3[c-]cccc3-c3ccccc32)c1.[Cl][Ti+]([Cl])[Cl]. The van der Waals surface area contributed by atoms with Crippen LogP contribution < -0.4 is 15.6 Å². The number of hydrogen-bond donors (Lipinski definition) is 0. The van der Waals surface area contributed by atoms with Crippen molar-refractivity contribution in [2.75, 3.05) is 0 Å². The summed E-state index contributed by atoms with van der Waals surface area (Å²) in [4.78, 5) is 0. The van der Waals surface area contributed by atoms with Gasteiger partial charge in [0.1, 0.15) is 0 Å². The first kappa shape index (κ1) is 31.3. The molecule has 0 fully saturated rings. The molecule has 0 aromatic heterocycles. The number of hydrogen-bond acceptors (Lipinski definition) is 0. The zero-order valence-electron chi connectivity index (χ0n) is 24.9. The van der Waals surface area contributed by atoms with Gasteiger partial charge >= 0.3 is 42.6 Å². The predicted octanol–water partition coefficient (Wildman–Crippen LogP) is 9.23.